The summed E-state index contributed by atoms with van der Waals surface area (Å²) in [5.74, 6) is 0.513. The van der Waals surface area contributed by atoms with Crippen molar-refractivity contribution < 1.29 is 27.4 Å². The van der Waals surface area contributed by atoms with Crippen molar-refractivity contribution in [3.8, 4) is 11.5 Å². The topological polar surface area (TPSA) is 63.4 Å². The highest BCUT2D eigenvalue weighted by molar-refractivity contribution is 5.98. The van der Waals surface area contributed by atoms with E-state index in [0.717, 1.165) is 16.5 Å². The molecular weight excluding hydrogens is 361 g/mol. The van der Waals surface area contributed by atoms with Crippen LogP contribution in [-0.4, -0.2) is 30.8 Å². The highest BCUT2D eigenvalue weighted by Gasteiger charge is 2.28. The first-order valence-electron chi connectivity index (χ1n) is 8.07. The van der Waals surface area contributed by atoms with Crippen molar-refractivity contribution in [3.05, 3.63) is 59.8 Å². The van der Waals surface area contributed by atoms with E-state index in [9.17, 15) is 18.0 Å². The predicted octanol–water partition coefficient (Wildman–Crippen LogP) is 4.05. The van der Waals surface area contributed by atoms with Crippen molar-refractivity contribution in [3.63, 3.8) is 0 Å². The molecule has 0 spiro atoms. The highest BCUT2D eigenvalue weighted by atomic mass is 19.4. The molecule has 0 atom stereocenters. The van der Waals surface area contributed by atoms with Gasteiger partial charge >= 0.3 is 6.18 Å². The fraction of sp³-hybridized carbons (Fsp3) is 0.211. The Hall–Kier alpha value is -3.16. The first kappa shape index (κ1) is 18.6. The second-order valence-electron chi connectivity index (χ2n) is 5.87. The first-order chi connectivity index (χ1) is 12.8. The van der Waals surface area contributed by atoms with Gasteiger partial charge in [-0.3, -0.25) is 4.79 Å². The average molecular weight is 378 g/mol. The van der Waals surface area contributed by atoms with Crippen LogP contribution in [0, 0.1) is 0 Å². The molecule has 1 aromatic heterocycles. The number of benzene rings is 2. The smallest absolute Gasteiger partial charge is 0.422 e. The summed E-state index contributed by atoms with van der Waals surface area (Å²) in [7, 11) is 1.57. The fourth-order valence-electron chi connectivity index (χ4n) is 2.50. The summed E-state index contributed by atoms with van der Waals surface area (Å²) in [5.41, 5.74) is 1.93. The molecular formula is C19H17F3N2O3. The second-order valence-corrected chi connectivity index (χ2v) is 5.87. The van der Waals surface area contributed by atoms with Crippen LogP contribution < -0.4 is 14.8 Å². The van der Waals surface area contributed by atoms with E-state index in [-0.39, 0.29) is 18.2 Å². The molecule has 5 nitrogen and oxygen atoms in total. The second kappa shape index (κ2) is 7.61. The van der Waals surface area contributed by atoms with Crippen molar-refractivity contribution in [1.82, 2.24) is 10.3 Å². The number of aromatic amines is 1. The van der Waals surface area contributed by atoms with E-state index in [1.165, 1.54) is 12.1 Å². The molecule has 1 heterocycles. The number of carbonyl (C=O) groups is 1. The zero-order chi connectivity index (χ0) is 19.4. The van der Waals surface area contributed by atoms with Crippen LogP contribution >= 0.6 is 0 Å². The molecule has 3 rings (SSSR count). The lowest BCUT2D eigenvalue weighted by atomic mass is 10.2. The fourth-order valence-corrected chi connectivity index (χ4v) is 2.50. The van der Waals surface area contributed by atoms with Gasteiger partial charge in [-0.1, -0.05) is 12.1 Å². The lowest BCUT2D eigenvalue weighted by Crippen LogP contribution is -2.23. The zero-order valence-corrected chi connectivity index (χ0v) is 14.4. The predicted molar refractivity (Wildman–Crippen MR) is 94.0 cm³/mol. The van der Waals surface area contributed by atoms with Crippen LogP contribution in [0.2, 0.25) is 0 Å². The van der Waals surface area contributed by atoms with Crippen LogP contribution in [-0.2, 0) is 6.54 Å². The number of fused-ring (bicyclic) bond motifs is 1. The molecule has 142 valence electrons. The van der Waals surface area contributed by atoms with E-state index in [2.05, 4.69) is 15.0 Å². The molecule has 0 aliphatic heterocycles. The van der Waals surface area contributed by atoms with Crippen LogP contribution in [0.3, 0.4) is 0 Å². The Morgan fingerprint density at radius 3 is 2.44 bits per heavy atom. The van der Waals surface area contributed by atoms with E-state index < -0.39 is 12.8 Å². The molecule has 0 bridgehead atoms. The van der Waals surface area contributed by atoms with Crippen molar-refractivity contribution >= 4 is 16.8 Å². The maximum absolute atomic E-state index is 12.3. The van der Waals surface area contributed by atoms with Gasteiger partial charge in [-0.2, -0.15) is 13.2 Å². The molecule has 0 saturated heterocycles. The van der Waals surface area contributed by atoms with E-state index in [1.54, 1.807) is 37.4 Å². The largest absolute Gasteiger partial charge is 0.497 e. The van der Waals surface area contributed by atoms with Crippen LogP contribution in [0.4, 0.5) is 13.2 Å². The number of aromatic nitrogens is 1. The molecule has 3 aromatic rings. The van der Waals surface area contributed by atoms with Crippen LogP contribution in [0.25, 0.3) is 10.9 Å². The lowest BCUT2D eigenvalue weighted by Gasteiger charge is -2.10. The summed E-state index contributed by atoms with van der Waals surface area (Å²) >= 11 is 0. The summed E-state index contributed by atoms with van der Waals surface area (Å²) in [5, 5.41) is 3.64. The molecule has 0 aliphatic rings. The third-order valence-electron chi connectivity index (χ3n) is 3.85. The standard InChI is InChI=1S/C19H17F3N2O3/c1-26-15-7-4-13-8-17(24-16(13)9-15)18(25)23-10-12-2-5-14(6-3-12)27-11-19(20,21)22/h2-9,24H,10-11H2,1H3,(H,23,25). The van der Waals surface area contributed by atoms with Crippen molar-refractivity contribution in [2.24, 2.45) is 0 Å². The van der Waals surface area contributed by atoms with Gasteiger partial charge < -0.3 is 19.8 Å². The number of hydrogen-bond donors (Lipinski definition) is 2. The first-order valence-corrected chi connectivity index (χ1v) is 8.07. The molecule has 2 N–H and O–H groups in total. The van der Waals surface area contributed by atoms with Gasteiger partial charge in [-0.15, -0.1) is 0 Å². The van der Waals surface area contributed by atoms with E-state index in [1.807, 2.05) is 6.07 Å². The molecule has 1 amide bonds. The minimum atomic E-state index is -4.38. The summed E-state index contributed by atoms with van der Waals surface area (Å²) in [6.07, 6.45) is -4.38. The highest BCUT2D eigenvalue weighted by Crippen LogP contribution is 2.21. The van der Waals surface area contributed by atoms with E-state index >= 15 is 0 Å². The number of halogens is 3. The number of hydrogen-bond acceptors (Lipinski definition) is 3. The number of carbonyl (C=O) groups excluding carboxylic acids is 1. The summed E-state index contributed by atoms with van der Waals surface area (Å²) in [6, 6.07) is 13.3. The molecule has 8 heteroatoms. The summed E-state index contributed by atoms with van der Waals surface area (Å²) in [4.78, 5) is 15.3. The minimum absolute atomic E-state index is 0.118. The Labute approximate surface area is 153 Å². The molecule has 0 radical (unpaired) electrons. The maximum atomic E-state index is 12.3. The van der Waals surface area contributed by atoms with Crippen LogP contribution in [0.1, 0.15) is 16.1 Å². The monoisotopic (exact) mass is 378 g/mol. The average Bonchev–Trinajstić information content (AvgIpc) is 3.08. The normalized spacial score (nSPS) is 11.4. The van der Waals surface area contributed by atoms with Crippen molar-refractivity contribution in [2.45, 2.75) is 12.7 Å². The third-order valence-corrected chi connectivity index (χ3v) is 3.85. The minimum Gasteiger partial charge on any atom is -0.497 e. The number of amides is 1. The van der Waals surface area contributed by atoms with Crippen LogP contribution in [0.15, 0.2) is 48.5 Å². The molecule has 2 aromatic carbocycles. The Bertz CT molecular complexity index is 934. The molecule has 0 fully saturated rings. The SMILES string of the molecule is COc1ccc2cc(C(=O)NCc3ccc(OCC(F)(F)F)cc3)[nH]c2c1. The van der Waals surface area contributed by atoms with Gasteiger partial charge in [0.15, 0.2) is 6.61 Å². The Morgan fingerprint density at radius 2 is 1.78 bits per heavy atom. The van der Waals surface area contributed by atoms with Crippen molar-refractivity contribution in [2.75, 3.05) is 13.7 Å². The van der Waals surface area contributed by atoms with Gasteiger partial charge in [-0.05, 0) is 35.9 Å². The van der Waals surface area contributed by atoms with Crippen LogP contribution in [0.5, 0.6) is 11.5 Å². The zero-order valence-electron chi connectivity index (χ0n) is 14.4. The van der Waals surface area contributed by atoms with Crippen molar-refractivity contribution in [1.29, 1.82) is 0 Å². The number of nitrogens with one attached hydrogen (secondary N) is 2. The van der Waals surface area contributed by atoms with Gasteiger partial charge in [0.1, 0.15) is 17.2 Å². The molecule has 0 unspecified atom stereocenters. The summed E-state index contributed by atoms with van der Waals surface area (Å²) in [6.45, 7) is -1.11. The van der Waals surface area contributed by atoms with E-state index in [0.29, 0.717) is 11.4 Å². The van der Waals surface area contributed by atoms with Gasteiger partial charge in [0.05, 0.1) is 7.11 Å². The van der Waals surface area contributed by atoms with Gasteiger partial charge in [0, 0.05) is 23.5 Å². The Morgan fingerprint density at radius 1 is 1.07 bits per heavy atom. The number of methoxy groups -OCH3 is 1. The Kier molecular flexibility index (Phi) is 5.25. The van der Waals surface area contributed by atoms with Gasteiger partial charge in [0.25, 0.3) is 5.91 Å². The van der Waals surface area contributed by atoms with E-state index in [4.69, 9.17) is 4.74 Å². The third kappa shape index (κ3) is 4.93. The van der Waals surface area contributed by atoms with Gasteiger partial charge in [0.2, 0.25) is 0 Å². The molecule has 27 heavy (non-hydrogen) atoms. The number of H-pyrrole nitrogens is 1. The number of rotatable bonds is 6. The maximum Gasteiger partial charge on any atom is 0.422 e. The summed E-state index contributed by atoms with van der Waals surface area (Å²) < 4.78 is 46.2. The Balaban J connectivity index is 1.58. The molecule has 0 aliphatic carbocycles. The molecule has 0 saturated carbocycles. The quantitative estimate of drug-likeness (QED) is 0.680. The lowest BCUT2D eigenvalue weighted by molar-refractivity contribution is -0.153. The number of ether oxygens (including phenoxy) is 2. The van der Waals surface area contributed by atoms with Gasteiger partial charge in [-0.25, -0.2) is 0 Å². The number of alkyl halides is 3.